The Labute approximate surface area is 76.4 Å². The summed E-state index contributed by atoms with van der Waals surface area (Å²) >= 11 is 0. The van der Waals surface area contributed by atoms with E-state index in [1.54, 1.807) is 0 Å². The summed E-state index contributed by atoms with van der Waals surface area (Å²) in [5, 5.41) is 0. The summed E-state index contributed by atoms with van der Waals surface area (Å²) in [4.78, 5) is 0. The molecule has 0 nitrogen and oxygen atoms in total. The second-order valence-corrected chi connectivity index (χ2v) is 0. The molecule has 4 heteroatoms. The summed E-state index contributed by atoms with van der Waals surface area (Å²) in [6, 6.07) is 0. The third-order valence-electron chi connectivity index (χ3n) is 0. The first-order valence-corrected chi connectivity index (χ1v) is 0. The monoisotopic (exact) mass is 236 g/mol. The third-order valence-corrected chi connectivity index (χ3v) is 0. The molecule has 0 aliphatic carbocycles. The van der Waals surface area contributed by atoms with Crippen LogP contribution in [-0.4, -0.2) is 57.9 Å². The van der Waals surface area contributed by atoms with Gasteiger partial charge in [-0.2, -0.15) is 0 Å². The third kappa shape index (κ3) is 8.83. The van der Waals surface area contributed by atoms with Gasteiger partial charge in [-0.3, -0.25) is 0 Å². The maximum atomic E-state index is 0. The van der Waals surface area contributed by atoms with Crippen molar-refractivity contribution in [2.45, 2.75) is 0 Å². The van der Waals surface area contributed by atoms with Crippen LogP contribution in [-0.2, 0) is 19.5 Å². The SMILES string of the molecule is [Mg].[Si].[Sn].[Zn]. The van der Waals surface area contributed by atoms with E-state index in [0.29, 0.717) is 0 Å². The molecule has 0 fully saturated rings. The number of rotatable bonds is 0. The molecule has 0 aromatic heterocycles. The van der Waals surface area contributed by atoms with E-state index >= 15 is 0 Å². The molecule has 0 rings (SSSR count). The summed E-state index contributed by atoms with van der Waals surface area (Å²) in [7, 11) is 0. The van der Waals surface area contributed by atoms with Crippen molar-refractivity contribution in [2.75, 3.05) is 0 Å². The van der Waals surface area contributed by atoms with E-state index in [9.17, 15) is 0 Å². The normalized spacial score (nSPS) is 0. The molecule has 0 aromatic rings. The molecule has 0 N–H and O–H groups in total. The Balaban J connectivity index is 0. The van der Waals surface area contributed by atoms with Crippen molar-refractivity contribution in [3.05, 3.63) is 0 Å². The minimum atomic E-state index is 0. The maximum Gasteiger partial charge on any atom is 0 e. The first kappa shape index (κ1) is 32.3. The molecule has 0 bridgehead atoms. The molecule has 0 aliphatic rings. The molecule has 12 valence electrons. The second kappa shape index (κ2) is 18.1. The minimum Gasteiger partial charge on any atom is 0 e. The van der Waals surface area contributed by atoms with Gasteiger partial charge in [0.1, 0.15) is 0 Å². The first-order valence-electron chi connectivity index (χ1n) is 0. The van der Waals surface area contributed by atoms with Crippen molar-refractivity contribution in [3.63, 3.8) is 0 Å². The van der Waals surface area contributed by atoms with E-state index in [0.717, 1.165) is 0 Å². The van der Waals surface area contributed by atoms with Crippen molar-refractivity contribution in [2.24, 2.45) is 0 Å². The van der Waals surface area contributed by atoms with Crippen LogP contribution >= 0.6 is 0 Å². The maximum absolute atomic E-state index is 0. The zero-order valence-corrected chi connectivity index (χ0v) is 10.6. The van der Waals surface area contributed by atoms with Gasteiger partial charge in [-0.25, -0.2) is 0 Å². The molecule has 0 saturated heterocycles. The van der Waals surface area contributed by atoms with E-state index in [2.05, 4.69) is 0 Å². The molecule has 0 saturated carbocycles. The van der Waals surface area contributed by atoms with Crippen LogP contribution in [0.2, 0.25) is 0 Å². The van der Waals surface area contributed by atoms with E-state index in [1.165, 1.54) is 0 Å². The molecular formula is MgSiSnZn. The van der Waals surface area contributed by atoms with E-state index in [1.807, 2.05) is 0 Å². The molecule has 0 unspecified atom stereocenters. The molecule has 0 aliphatic heterocycles. The topological polar surface area (TPSA) is 0 Å². The Morgan fingerprint density at radius 1 is 1.00 bits per heavy atom. The van der Waals surface area contributed by atoms with Crippen molar-refractivity contribution in [1.82, 2.24) is 0 Å². The van der Waals surface area contributed by atoms with Crippen LogP contribution < -0.4 is 0 Å². The molecule has 0 aromatic carbocycles. The fourth-order valence-corrected chi connectivity index (χ4v) is 0. The number of hydrogen-bond acceptors (Lipinski definition) is 0. The van der Waals surface area contributed by atoms with Crippen molar-refractivity contribution >= 4 is 57.9 Å². The summed E-state index contributed by atoms with van der Waals surface area (Å²) < 4.78 is 0. The molecule has 0 spiro atoms. The van der Waals surface area contributed by atoms with Gasteiger partial charge in [0.15, 0.2) is 0 Å². The average Bonchev–Trinajstić information content (AvgIpc) is 0. The van der Waals surface area contributed by atoms with Crippen LogP contribution in [0.15, 0.2) is 0 Å². The van der Waals surface area contributed by atoms with Crippen LogP contribution in [0.3, 0.4) is 0 Å². The van der Waals surface area contributed by atoms with Crippen LogP contribution in [0.5, 0.6) is 0 Å². The molecular weight excluding hydrogens is 236 g/mol. The zero-order valence-electron chi connectivity index (χ0n) is 2.41. The summed E-state index contributed by atoms with van der Waals surface area (Å²) in [6.07, 6.45) is 0. The van der Waals surface area contributed by atoms with Gasteiger partial charge in [-0.1, -0.05) is 0 Å². The molecule has 4 heavy (non-hydrogen) atoms. The molecule has 0 amide bonds. The molecule has 10 radical (unpaired) electrons. The Kier molecular flexibility index (Phi) is 147. The fourth-order valence-electron chi connectivity index (χ4n) is 0. The van der Waals surface area contributed by atoms with Crippen LogP contribution in [0.25, 0.3) is 0 Å². The van der Waals surface area contributed by atoms with Gasteiger partial charge in [-0.15, -0.1) is 0 Å². The predicted molar refractivity (Wildman–Crippen MR) is 17.3 cm³/mol. The Hall–Kier alpha value is 2.41. The minimum absolute atomic E-state index is 0. The van der Waals surface area contributed by atoms with Gasteiger partial charge in [0.25, 0.3) is 0 Å². The van der Waals surface area contributed by atoms with Crippen molar-refractivity contribution in [3.8, 4) is 0 Å². The Morgan fingerprint density at radius 3 is 1.00 bits per heavy atom. The molecule has 0 heterocycles. The van der Waals surface area contributed by atoms with E-state index < -0.39 is 0 Å². The van der Waals surface area contributed by atoms with Crippen LogP contribution in [0.1, 0.15) is 0 Å². The van der Waals surface area contributed by atoms with Gasteiger partial charge >= 0.3 is 0 Å². The standard InChI is InChI=1S/Mg.Si.Sn.Zn. The second-order valence-electron chi connectivity index (χ2n) is 0. The van der Waals surface area contributed by atoms with Gasteiger partial charge in [0, 0.05) is 77.4 Å². The van der Waals surface area contributed by atoms with Crippen molar-refractivity contribution in [1.29, 1.82) is 0 Å². The summed E-state index contributed by atoms with van der Waals surface area (Å²) in [5.74, 6) is 0. The first-order chi connectivity index (χ1) is 0. The summed E-state index contributed by atoms with van der Waals surface area (Å²) in [6.45, 7) is 0. The van der Waals surface area contributed by atoms with Crippen LogP contribution in [0, 0.1) is 0 Å². The van der Waals surface area contributed by atoms with Gasteiger partial charge in [0.2, 0.25) is 0 Å². The van der Waals surface area contributed by atoms with Gasteiger partial charge in [-0.05, 0) is 0 Å². The largest absolute Gasteiger partial charge is 0 e. The quantitative estimate of drug-likeness (QED) is 0.466. The van der Waals surface area contributed by atoms with E-state index in [-0.39, 0.29) is 77.4 Å². The number of hydrogen-bond donors (Lipinski definition) is 0. The summed E-state index contributed by atoms with van der Waals surface area (Å²) in [5.41, 5.74) is 0. The van der Waals surface area contributed by atoms with Crippen molar-refractivity contribution < 1.29 is 19.5 Å². The van der Waals surface area contributed by atoms with E-state index in [4.69, 9.17) is 0 Å². The Morgan fingerprint density at radius 2 is 1.00 bits per heavy atom. The fraction of sp³-hybridized carbons (Fsp3) is 0. The van der Waals surface area contributed by atoms with Crippen LogP contribution in [0.4, 0.5) is 0 Å². The average molecular weight is 236 g/mol. The predicted octanol–water partition coefficient (Wildman–Crippen LogP) is -1.14. The molecule has 0 atom stereocenters. The van der Waals surface area contributed by atoms with Gasteiger partial charge < -0.3 is 0 Å². The van der Waals surface area contributed by atoms with Gasteiger partial charge in [0.05, 0.1) is 0 Å². The Bertz CT molecular complexity index is 8.00. The zero-order chi connectivity index (χ0) is 0. The smallest absolute Gasteiger partial charge is 0 e.